The first-order chi connectivity index (χ1) is 11.5. The molecule has 1 aromatic heterocycles. The maximum absolute atomic E-state index is 5.43. The quantitative estimate of drug-likeness (QED) is 0.576. The summed E-state index contributed by atoms with van der Waals surface area (Å²) >= 11 is 5.43. The molecule has 2 aromatic rings. The van der Waals surface area contributed by atoms with Crippen molar-refractivity contribution >= 4 is 34.1 Å². The molecule has 0 saturated heterocycles. The van der Waals surface area contributed by atoms with Gasteiger partial charge in [-0.2, -0.15) is 0 Å². The van der Waals surface area contributed by atoms with Crippen molar-refractivity contribution in [2.45, 2.75) is 52.5 Å². The third-order valence-electron chi connectivity index (χ3n) is 4.98. The van der Waals surface area contributed by atoms with Crippen molar-refractivity contribution in [3.05, 3.63) is 35.4 Å². The zero-order valence-electron chi connectivity index (χ0n) is 14.6. The molecule has 0 bridgehead atoms. The first-order valence-electron chi connectivity index (χ1n) is 8.74. The van der Waals surface area contributed by atoms with Crippen LogP contribution in [0.1, 0.15) is 43.7 Å². The van der Waals surface area contributed by atoms with Crippen molar-refractivity contribution < 1.29 is 0 Å². The van der Waals surface area contributed by atoms with Gasteiger partial charge in [0.15, 0.2) is 5.11 Å². The van der Waals surface area contributed by atoms with E-state index in [0.717, 1.165) is 11.3 Å². The molecule has 0 unspecified atom stereocenters. The Balaban J connectivity index is 1.65. The Labute approximate surface area is 149 Å². The van der Waals surface area contributed by atoms with Gasteiger partial charge < -0.3 is 5.32 Å². The van der Waals surface area contributed by atoms with Crippen LogP contribution in [-0.4, -0.2) is 16.1 Å². The van der Waals surface area contributed by atoms with Gasteiger partial charge in [-0.05, 0) is 62.0 Å². The monoisotopic (exact) mass is 342 g/mol. The number of nitrogens with one attached hydrogen (secondary N) is 3. The number of fused-ring (bicyclic) bond motifs is 1. The van der Waals surface area contributed by atoms with Crippen molar-refractivity contribution in [2.75, 3.05) is 5.43 Å². The molecular formula is C19H26N4S. The largest absolute Gasteiger partial charge is 0.358 e. The van der Waals surface area contributed by atoms with E-state index in [-0.39, 0.29) is 0 Å². The van der Waals surface area contributed by atoms with E-state index in [1.54, 1.807) is 0 Å². The summed E-state index contributed by atoms with van der Waals surface area (Å²) in [6.45, 7) is 6.49. The summed E-state index contributed by atoms with van der Waals surface area (Å²) in [5, 5.41) is 5.26. The van der Waals surface area contributed by atoms with Gasteiger partial charge in [0.2, 0.25) is 0 Å². The van der Waals surface area contributed by atoms with Gasteiger partial charge in [0.05, 0.1) is 5.52 Å². The van der Waals surface area contributed by atoms with Crippen LogP contribution in [0, 0.1) is 19.8 Å². The molecule has 1 saturated carbocycles. The van der Waals surface area contributed by atoms with Crippen LogP contribution in [0.5, 0.6) is 0 Å². The molecule has 1 aromatic carbocycles. The van der Waals surface area contributed by atoms with Crippen LogP contribution in [0.2, 0.25) is 0 Å². The molecule has 1 heterocycles. The first-order valence-corrected chi connectivity index (χ1v) is 9.15. The van der Waals surface area contributed by atoms with Crippen LogP contribution in [0.3, 0.4) is 0 Å². The number of hydrogen-bond acceptors (Lipinski definition) is 3. The second kappa shape index (κ2) is 7.34. The maximum Gasteiger partial charge on any atom is 0.185 e. The van der Waals surface area contributed by atoms with E-state index in [9.17, 15) is 0 Å². The standard InChI is InChI=1S/C19H26N4S/c1-12-7-4-5-10-16(12)20-19(24)23-22-17-11-14(3)15-9-6-8-13(2)18(15)21-17/h6,8-9,11-12,16H,4-5,7,10H2,1-3H3,(H,21,22)(H2,20,23,24)/t12-,16-/m0/s1. The molecule has 0 radical (unpaired) electrons. The lowest BCUT2D eigenvalue weighted by molar-refractivity contribution is 0.308. The Bertz CT molecular complexity index is 743. The highest BCUT2D eigenvalue weighted by Crippen LogP contribution is 2.24. The summed E-state index contributed by atoms with van der Waals surface area (Å²) in [4.78, 5) is 4.71. The summed E-state index contributed by atoms with van der Waals surface area (Å²) in [5.41, 5.74) is 9.64. The van der Waals surface area contributed by atoms with Crippen LogP contribution in [0.15, 0.2) is 24.3 Å². The summed E-state index contributed by atoms with van der Waals surface area (Å²) in [5.74, 6) is 1.46. The van der Waals surface area contributed by atoms with Crippen molar-refractivity contribution in [1.82, 2.24) is 15.7 Å². The molecule has 2 atom stereocenters. The number of nitrogens with zero attached hydrogens (tertiary/aromatic N) is 1. The molecular weight excluding hydrogens is 316 g/mol. The Kier molecular flexibility index (Phi) is 5.19. The topological polar surface area (TPSA) is 49.0 Å². The molecule has 0 spiro atoms. The van der Waals surface area contributed by atoms with Crippen LogP contribution in [0.25, 0.3) is 10.9 Å². The summed E-state index contributed by atoms with van der Waals surface area (Å²) in [6, 6.07) is 8.78. The van der Waals surface area contributed by atoms with E-state index in [4.69, 9.17) is 17.2 Å². The Morgan fingerprint density at radius 3 is 2.75 bits per heavy atom. The molecule has 1 aliphatic rings. The number of hydrazine groups is 1. The normalized spacial score (nSPS) is 20.6. The lowest BCUT2D eigenvalue weighted by Crippen LogP contribution is -2.47. The first kappa shape index (κ1) is 17.0. The van der Waals surface area contributed by atoms with Crippen molar-refractivity contribution in [3.8, 4) is 0 Å². The van der Waals surface area contributed by atoms with E-state index in [0.29, 0.717) is 17.1 Å². The van der Waals surface area contributed by atoms with E-state index in [2.05, 4.69) is 55.1 Å². The summed E-state index contributed by atoms with van der Waals surface area (Å²) in [7, 11) is 0. The minimum absolute atomic E-state index is 0.467. The number of hydrogen-bond donors (Lipinski definition) is 3. The van der Waals surface area contributed by atoms with E-state index < -0.39 is 0 Å². The molecule has 3 N–H and O–H groups in total. The van der Waals surface area contributed by atoms with Gasteiger partial charge in [0.25, 0.3) is 0 Å². The number of anilines is 1. The fourth-order valence-corrected chi connectivity index (χ4v) is 3.68. The molecule has 4 nitrogen and oxygen atoms in total. The highest BCUT2D eigenvalue weighted by Gasteiger charge is 2.21. The molecule has 0 aliphatic heterocycles. The molecule has 128 valence electrons. The fraction of sp³-hybridized carbons (Fsp3) is 0.474. The third-order valence-corrected chi connectivity index (χ3v) is 5.20. The van der Waals surface area contributed by atoms with Crippen LogP contribution in [0.4, 0.5) is 5.82 Å². The van der Waals surface area contributed by atoms with E-state index in [1.807, 2.05) is 6.07 Å². The maximum atomic E-state index is 5.43. The molecule has 5 heteroatoms. The molecule has 1 aliphatic carbocycles. The molecule has 1 fully saturated rings. The zero-order valence-corrected chi connectivity index (χ0v) is 15.5. The Morgan fingerprint density at radius 1 is 1.17 bits per heavy atom. The second-order valence-corrected chi connectivity index (χ2v) is 7.30. The summed E-state index contributed by atoms with van der Waals surface area (Å²) in [6.07, 6.45) is 5.08. The van der Waals surface area contributed by atoms with Crippen molar-refractivity contribution in [1.29, 1.82) is 0 Å². The van der Waals surface area contributed by atoms with Gasteiger partial charge in [-0.25, -0.2) is 4.98 Å². The van der Waals surface area contributed by atoms with Crippen LogP contribution >= 0.6 is 12.2 Å². The number of aromatic nitrogens is 1. The number of para-hydroxylation sites is 1. The minimum Gasteiger partial charge on any atom is -0.358 e. The average Bonchev–Trinajstić information content (AvgIpc) is 2.56. The van der Waals surface area contributed by atoms with Gasteiger partial charge in [0.1, 0.15) is 5.82 Å². The smallest absolute Gasteiger partial charge is 0.185 e. The predicted molar refractivity (Wildman–Crippen MR) is 105 cm³/mol. The number of rotatable bonds is 3. The van der Waals surface area contributed by atoms with Crippen LogP contribution < -0.4 is 16.2 Å². The predicted octanol–water partition coefficient (Wildman–Crippen LogP) is 4.22. The number of pyridine rings is 1. The second-order valence-electron chi connectivity index (χ2n) is 6.89. The molecule has 24 heavy (non-hydrogen) atoms. The van der Waals surface area contributed by atoms with Gasteiger partial charge in [-0.3, -0.25) is 10.9 Å². The van der Waals surface area contributed by atoms with Gasteiger partial charge in [-0.15, -0.1) is 0 Å². The Morgan fingerprint density at radius 2 is 1.96 bits per heavy atom. The van der Waals surface area contributed by atoms with Crippen molar-refractivity contribution in [3.63, 3.8) is 0 Å². The van der Waals surface area contributed by atoms with E-state index >= 15 is 0 Å². The third kappa shape index (κ3) is 3.78. The highest BCUT2D eigenvalue weighted by atomic mass is 32.1. The van der Waals surface area contributed by atoms with Crippen LogP contribution in [-0.2, 0) is 0 Å². The average molecular weight is 343 g/mol. The van der Waals surface area contributed by atoms with E-state index in [1.165, 1.54) is 42.2 Å². The van der Waals surface area contributed by atoms with Gasteiger partial charge in [-0.1, -0.05) is 38.0 Å². The molecule has 0 amide bonds. The highest BCUT2D eigenvalue weighted by molar-refractivity contribution is 7.80. The fourth-order valence-electron chi connectivity index (χ4n) is 3.48. The minimum atomic E-state index is 0.467. The number of aryl methyl sites for hydroxylation is 2. The SMILES string of the molecule is Cc1cc(NNC(=S)N[C@H]2CCCC[C@@H]2C)nc2c(C)cccc12. The number of benzene rings is 1. The van der Waals surface area contributed by atoms with Gasteiger partial charge in [0, 0.05) is 11.4 Å². The van der Waals surface area contributed by atoms with Gasteiger partial charge >= 0.3 is 0 Å². The molecule has 3 rings (SSSR count). The lowest BCUT2D eigenvalue weighted by atomic mass is 9.86. The van der Waals surface area contributed by atoms with Crippen molar-refractivity contribution in [2.24, 2.45) is 5.92 Å². The summed E-state index contributed by atoms with van der Waals surface area (Å²) < 4.78 is 0. The number of thiocarbonyl (C=S) groups is 1. The Hall–Kier alpha value is -1.88. The zero-order chi connectivity index (χ0) is 17.1. The lowest BCUT2D eigenvalue weighted by Gasteiger charge is -2.30.